The van der Waals surface area contributed by atoms with Crippen molar-refractivity contribution in [2.45, 2.75) is 38.5 Å². The molecule has 0 unspecified atom stereocenters. The highest BCUT2D eigenvalue weighted by Crippen LogP contribution is 2.23. The van der Waals surface area contributed by atoms with Gasteiger partial charge in [-0.2, -0.15) is 9.57 Å². The molecule has 0 aliphatic rings. The normalized spacial score (nSPS) is 12.6. The van der Waals surface area contributed by atoms with Crippen molar-refractivity contribution in [2.24, 2.45) is 0 Å². The number of aryl methyl sites for hydroxylation is 2. The standard InChI is InChI=1S/C23H24N4O4S/c1-5-27(6-2)32(30,31)17-9-7-16(8-10-17)21(28)19(13-24)22-25-20-15(4)11-14(3)12-18(20)23(29)26-22/h7-12,19H,5-6H2,1-4H3,(H,25,26,29)/t19-/m0/s1. The molecule has 9 heteroatoms. The Morgan fingerprint density at radius 2 is 1.78 bits per heavy atom. The largest absolute Gasteiger partial charge is 0.308 e. The summed E-state index contributed by atoms with van der Waals surface area (Å²) in [6, 6.07) is 10.9. The number of fused-ring (bicyclic) bond motifs is 1. The van der Waals surface area contributed by atoms with Crippen LogP contribution >= 0.6 is 0 Å². The molecule has 32 heavy (non-hydrogen) atoms. The second-order valence-electron chi connectivity index (χ2n) is 7.47. The predicted octanol–water partition coefficient (Wildman–Crippen LogP) is 3.06. The van der Waals surface area contributed by atoms with E-state index in [2.05, 4.69) is 9.97 Å². The summed E-state index contributed by atoms with van der Waals surface area (Å²) in [7, 11) is -3.66. The molecule has 1 atom stereocenters. The van der Waals surface area contributed by atoms with Crippen LogP contribution in [-0.4, -0.2) is 41.6 Å². The Hall–Kier alpha value is -3.35. The molecule has 0 bridgehead atoms. The summed E-state index contributed by atoms with van der Waals surface area (Å²) in [5.41, 5.74) is 1.83. The Kier molecular flexibility index (Phi) is 6.57. The van der Waals surface area contributed by atoms with Crippen molar-refractivity contribution in [1.82, 2.24) is 14.3 Å². The number of aromatic amines is 1. The lowest BCUT2D eigenvalue weighted by atomic mass is 9.97. The highest BCUT2D eigenvalue weighted by atomic mass is 32.2. The molecule has 0 spiro atoms. The Morgan fingerprint density at radius 3 is 2.34 bits per heavy atom. The van der Waals surface area contributed by atoms with Gasteiger partial charge in [-0.1, -0.05) is 32.0 Å². The molecule has 0 amide bonds. The number of nitriles is 1. The molecule has 0 fully saturated rings. The third kappa shape index (κ3) is 4.20. The number of H-pyrrole nitrogens is 1. The summed E-state index contributed by atoms with van der Waals surface area (Å²) >= 11 is 0. The number of hydrogen-bond acceptors (Lipinski definition) is 6. The first-order valence-electron chi connectivity index (χ1n) is 10.2. The third-order valence-electron chi connectivity index (χ3n) is 5.31. The third-order valence-corrected chi connectivity index (χ3v) is 7.37. The van der Waals surface area contributed by atoms with E-state index >= 15 is 0 Å². The number of hydrogen-bond donors (Lipinski definition) is 1. The average Bonchev–Trinajstić information content (AvgIpc) is 2.76. The summed E-state index contributed by atoms with van der Waals surface area (Å²) in [5, 5.41) is 10.1. The number of nitrogens with one attached hydrogen (secondary N) is 1. The minimum Gasteiger partial charge on any atom is -0.308 e. The zero-order valence-corrected chi connectivity index (χ0v) is 19.2. The van der Waals surface area contributed by atoms with E-state index in [1.165, 1.54) is 28.6 Å². The highest BCUT2D eigenvalue weighted by Gasteiger charge is 2.27. The van der Waals surface area contributed by atoms with E-state index in [-0.39, 0.29) is 16.3 Å². The van der Waals surface area contributed by atoms with Crippen molar-refractivity contribution in [2.75, 3.05) is 13.1 Å². The fourth-order valence-electron chi connectivity index (χ4n) is 3.66. The van der Waals surface area contributed by atoms with Gasteiger partial charge in [0.1, 0.15) is 5.82 Å². The quantitative estimate of drug-likeness (QED) is 0.550. The van der Waals surface area contributed by atoms with Crippen LogP contribution in [-0.2, 0) is 10.0 Å². The van der Waals surface area contributed by atoms with Crippen LogP contribution < -0.4 is 5.56 Å². The average molecular weight is 453 g/mol. The SMILES string of the molecule is CCN(CC)S(=O)(=O)c1ccc(C(=O)[C@H](C#N)c2nc3c(C)cc(C)cc3c(=O)[nH]2)cc1. The number of benzene rings is 2. The molecule has 0 radical (unpaired) electrons. The van der Waals surface area contributed by atoms with Crippen molar-refractivity contribution < 1.29 is 13.2 Å². The van der Waals surface area contributed by atoms with Crippen molar-refractivity contribution in [3.05, 3.63) is 69.3 Å². The van der Waals surface area contributed by atoms with E-state index in [1.54, 1.807) is 19.9 Å². The topological polar surface area (TPSA) is 124 Å². The lowest BCUT2D eigenvalue weighted by Crippen LogP contribution is -2.30. The first kappa shape index (κ1) is 23.3. The van der Waals surface area contributed by atoms with Gasteiger partial charge in [0.05, 0.1) is 21.9 Å². The number of Topliss-reactive ketones (excluding diaryl/α,β-unsaturated/α-hetero) is 1. The molecular weight excluding hydrogens is 428 g/mol. The molecule has 3 aromatic rings. The fourth-order valence-corrected chi connectivity index (χ4v) is 5.12. The second kappa shape index (κ2) is 9.02. The van der Waals surface area contributed by atoms with Crippen LogP contribution in [0.15, 0.2) is 46.1 Å². The minimum atomic E-state index is -3.66. The van der Waals surface area contributed by atoms with Gasteiger partial charge in [-0.15, -0.1) is 0 Å². The van der Waals surface area contributed by atoms with Gasteiger partial charge in [0.25, 0.3) is 5.56 Å². The molecule has 1 N–H and O–H groups in total. The lowest BCUT2D eigenvalue weighted by molar-refractivity contribution is 0.0976. The van der Waals surface area contributed by atoms with Crippen molar-refractivity contribution in [3.63, 3.8) is 0 Å². The molecule has 2 aromatic carbocycles. The minimum absolute atomic E-state index is 0.0400. The molecular formula is C23H24N4O4S. The Balaban J connectivity index is 2.00. The van der Waals surface area contributed by atoms with Crippen LogP contribution in [0.2, 0.25) is 0 Å². The molecule has 0 aliphatic heterocycles. The first-order chi connectivity index (χ1) is 15.1. The molecule has 3 rings (SSSR count). The van der Waals surface area contributed by atoms with Crippen LogP contribution in [0.1, 0.15) is 47.1 Å². The zero-order valence-electron chi connectivity index (χ0n) is 18.3. The molecule has 1 heterocycles. The number of sulfonamides is 1. The van der Waals surface area contributed by atoms with Gasteiger partial charge in [-0.3, -0.25) is 9.59 Å². The van der Waals surface area contributed by atoms with Gasteiger partial charge in [0.15, 0.2) is 11.7 Å². The van der Waals surface area contributed by atoms with E-state index in [4.69, 9.17) is 0 Å². The van der Waals surface area contributed by atoms with E-state index in [0.717, 1.165) is 11.1 Å². The van der Waals surface area contributed by atoms with Crippen LogP contribution in [0.25, 0.3) is 10.9 Å². The molecule has 0 saturated heterocycles. The summed E-state index contributed by atoms with van der Waals surface area (Å²) in [5.74, 6) is -1.95. The van der Waals surface area contributed by atoms with Crippen LogP contribution in [0, 0.1) is 25.2 Å². The maximum Gasteiger partial charge on any atom is 0.258 e. The highest BCUT2D eigenvalue weighted by molar-refractivity contribution is 7.89. The van der Waals surface area contributed by atoms with E-state index in [9.17, 15) is 23.3 Å². The van der Waals surface area contributed by atoms with Crippen molar-refractivity contribution in [3.8, 4) is 6.07 Å². The van der Waals surface area contributed by atoms with Gasteiger partial charge < -0.3 is 4.98 Å². The number of carbonyl (C=O) groups is 1. The summed E-state index contributed by atoms with van der Waals surface area (Å²) < 4.78 is 26.6. The van der Waals surface area contributed by atoms with Gasteiger partial charge in [0.2, 0.25) is 10.0 Å². The van der Waals surface area contributed by atoms with E-state index < -0.39 is 27.3 Å². The molecule has 0 aliphatic carbocycles. The second-order valence-corrected chi connectivity index (χ2v) is 9.41. The lowest BCUT2D eigenvalue weighted by Gasteiger charge is -2.18. The van der Waals surface area contributed by atoms with Crippen LogP contribution in [0.3, 0.4) is 0 Å². The van der Waals surface area contributed by atoms with Crippen LogP contribution in [0.4, 0.5) is 0 Å². The number of ketones is 1. The predicted molar refractivity (Wildman–Crippen MR) is 121 cm³/mol. The maximum absolute atomic E-state index is 13.0. The zero-order chi connectivity index (χ0) is 23.6. The molecule has 1 aromatic heterocycles. The van der Waals surface area contributed by atoms with Gasteiger partial charge >= 0.3 is 0 Å². The van der Waals surface area contributed by atoms with E-state index in [1.807, 2.05) is 26.0 Å². The number of nitrogens with zero attached hydrogens (tertiary/aromatic N) is 3. The summed E-state index contributed by atoms with van der Waals surface area (Å²) in [6.45, 7) is 7.83. The number of rotatable bonds is 7. The Bertz CT molecular complexity index is 1380. The smallest absolute Gasteiger partial charge is 0.258 e. The Morgan fingerprint density at radius 1 is 1.16 bits per heavy atom. The summed E-state index contributed by atoms with van der Waals surface area (Å²) in [6.07, 6.45) is 0. The summed E-state index contributed by atoms with van der Waals surface area (Å²) in [4.78, 5) is 32.6. The number of aromatic nitrogens is 2. The molecule has 0 saturated carbocycles. The molecule has 166 valence electrons. The van der Waals surface area contributed by atoms with Gasteiger partial charge in [0, 0.05) is 18.7 Å². The molecule has 8 nitrogen and oxygen atoms in total. The number of carbonyl (C=O) groups excluding carboxylic acids is 1. The van der Waals surface area contributed by atoms with Crippen molar-refractivity contribution >= 4 is 26.7 Å². The Labute approximate surface area is 186 Å². The first-order valence-corrected chi connectivity index (χ1v) is 11.6. The van der Waals surface area contributed by atoms with Crippen LogP contribution in [0.5, 0.6) is 0 Å². The monoisotopic (exact) mass is 452 g/mol. The maximum atomic E-state index is 13.0. The van der Waals surface area contributed by atoms with Gasteiger partial charge in [-0.25, -0.2) is 13.4 Å². The van der Waals surface area contributed by atoms with Gasteiger partial charge in [-0.05, 0) is 43.2 Å². The van der Waals surface area contributed by atoms with E-state index in [0.29, 0.717) is 24.0 Å². The fraction of sp³-hybridized carbons (Fsp3) is 0.304. The van der Waals surface area contributed by atoms with Crippen molar-refractivity contribution in [1.29, 1.82) is 5.26 Å².